The Hall–Kier alpha value is -2.46. The number of aromatic nitrogens is 2. The highest BCUT2D eigenvalue weighted by molar-refractivity contribution is 5.64. The smallest absolute Gasteiger partial charge is 0.123 e. The first-order valence-electron chi connectivity index (χ1n) is 7.74. The number of benzene rings is 2. The maximum atomic E-state index is 13.0. The third-order valence-corrected chi connectivity index (χ3v) is 3.99. The minimum Gasteiger partial charge on any atom is -0.330 e. The lowest BCUT2D eigenvalue weighted by Gasteiger charge is -2.14. The highest BCUT2D eigenvalue weighted by Crippen LogP contribution is 2.27. The molecule has 0 saturated carbocycles. The molecule has 23 heavy (non-hydrogen) atoms. The summed E-state index contributed by atoms with van der Waals surface area (Å²) in [5.41, 5.74) is 10.5. The Morgan fingerprint density at radius 2 is 1.87 bits per heavy atom. The van der Waals surface area contributed by atoms with E-state index in [0.717, 1.165) is 35.3 Å². The van der Waals surface area contributed by atoms with Crippen LogP contribution in [-0.2, 0) is 13.0 Å². The molecule has 0 spiro atoms. The van der Waals surface area contributed by atoms with Gasteiger partial charge in [0.05, 0.1) is 18.2 Å². The van der Waals surface area contributed by atoms with Crippen molar-refractivity contribution in [2.75, 3.05) is 0 Å². The van der Waals surface area contributed by atoms with Crippen LogP contribution >= 0.6 is 0 Å². The lowest BCUT2D eigenvalue weighted by Crippen LogP contribution is -2.08. The third-order valence-electron chi connectivity index (χ3n) is 3.99. The number of nitrogens with two attached hydrogens (primary N) is 1. The summed E-state index contributed by atoms with van der Waals surface area (Å²) in [6.45, 7) is 2.77. The van der Waals surface area contributed by atoms with E-state index >= 15 is 0 Å². The van der Waals surface area contributed by atoms with E-state index in [0.29, 0.717) is 0 Å². The van der Waals surface area contributed by atoms with E-state index in [4.69, 9.17) is 5.73 Å². The zero-order valence-electron chi connectivity index (χ0n) is 13.1. The van der Waals surface area contributed by atoms with Gasteiger partial charge >= 0.3 is 0 Å². The number of hydrogen-bond donors (Lipinski definition) is 1. The van der Waals surface area contributed by atoms with Crippen molar-refractivity contribution in [3.8, 4) is 11.3 Å². The van der Waals surface area contributed by atoms with Crippen molar-refractivity contribution in [2.45, 2.75) is 25.9 Å². The van der Waals surface area contributed by atoms with Crippen LogP contribution in [0.5, 0.6) is 0 Å². The lowest BCUT2D eigenvalue weighted by molar-refractivity contribution is 0.625. The second-order valence-electron chi connectivity index (χ2n) is 5.72. The quantitative estimate of drug-likeness (QED) is 0.775. The predicted octanol–water partition coefficient (Wildman–Crippen LogP) is 3.95. The van der Waals surface area contributed by atoms with Crippen molar-refractivity contribution in [3.63, 3.8) is 0 Å². The van der Waals surface area contributed by atoms with E-state index in [1.807, 2.05) is 43.7 Å². The summed E-state index contributed by atoms with van der Waals surface area (Å²) in [6.07, 6.45) is 4.52. The van der Waals surface area contributed by atoms with E-state index in [2.05, 4.69) is 21.7 Å². The van der Waals surface area contributed by atoms with Gasteiger partial charge in [-0.05, 0) is 36.6 Å². The molecule has 1 aromatic heterocycles. The molecular formula is C19H20FN3. The predicted molar refractivity (Wildman–Crippen MR) is 90.4 cm³/mol. The Morgan fingerprint density at radius 3 is 2.61 bits per heavy atom. The van der Waals surface area contributed by atoms with Crippen molar-refractivity contribution < 1.29 is 4.39 Å². The first kappa shape index (κ1) is 15.4. The van der Waals surface area contributed by atoms with Crippen LogP contribution in [-0.4, -0.2) is 9.55 Å². The van der Waals surface area contributed by atoms with Crippen molar-refractivity contribution in [1.82, 2.24) is 9.55 Å². The molecule has 0 aliphatic heterocycles. The molecule has 0 fully saturated rings. The van der Waals surface area contributed by atoms with Gasteiger partial charge in [-0.1, -0.05) is 36.4 Å². The third kappa shape index (κ3) is 3.48. The topological polar surface area (TPSA) is 43.8 Å². The number of hydrogen-bond acceptors (Lipinski definition) is 2. The summed E-state index contributed by atoms with van der Waals surface area (Å²) in [6, 6.07) is 14.7. The molecule has 0 unspecified atom stereocenters. The Bertz CT molecular complexity index is 775. The second kappa shape index (κ2) is 6.75. The molecule has 3 aromatic rings. The zero-order valence-corrected chi connectivity index (χ0v) is 13.1. The van der Waals surface area contributed by atoms with Gasteiger partial charge in [-0.15, -0.1) is 0 Å². The van der Waals surface area contributed by atoms with Crippen LogP contribution < -0.4 is 5.73 Å². The largest absolute Gasteiger partial charge is 0.330 e. The molecule has 2 aromatic carbocycles. The average molecular weight is 309 g/mol. The van der Waals surface area contributed by atoms with Gasteiger partial charge < -0.3 is 10.3 Å². The molecule has 1 atom stereocenters. The van der Waals surface area contributed by atoms with Gasteiger partial charge in [-0.3, -0.25) is 0 Å². The summed E-state index contributed by atoms with van der Waals surface area (Å²) in [7, 11) is 0. The van der Waals surface area contributed by atoms with E-state index in [9.17, 15) is 4.39 Å². The lowest BCUT2D eigenvalue weighted by atomic mass is 10.00. The van der Waals surface area contributed by atoms with Crippen LogP contribution in [0.15, 0.2) is 61.1 Å². The Kier molecular flexibility index (Phi) is 4.53. The molecular weight excluding hydrogens is 289 g/mol. The summed E-state index contributed by atoms with van der Waals surface area (Å²) in [5.74, 6) is -0.206. The van der Waals surface area contributed by atoms with Gasteiger partial charge in [-0.2, -0.15) is 0 Å². The second-order valence-corrected chi connectivity index (χ2v) is 5.72. The fourth-order valence-electron chi connectivity index (χ4n) is 2.75. The highest BCUT2D eigenvalue weighted by Gasteiger charge is 2.12. The van der Waals surface area contributed by atoms with Gasteiger partial charge in [0.15, 0.2) is 0 Å². The molecule has 0 aliphatic carbocycles. The molecule has 0 saturated heterocycles. The minimum atomic E-state index is -0.206. The summed E-state index contributed by atoms with van der Waals surface area (Å²) >= 11 is 0. The first-order chi connectivity index (χ1) is 11.1. The van der Waals surface area contributed by atoms with Crippen molar-refractivity contribution in [1.29, 1.82) is 0 Å². The van der Waals surface area contributed by atoms with Crippen LogP contribution in [0, 0.1) is 5.82 Å². The summed E-state index contributed by atoms with van der Waals surface area (Å²) in [4.78, 5) is 4.29. The Labute approximate surface area is 135 Å². The molecule has 3 rings (SSSR count). The van der Waals surface area contributed by atoms with E-state index in [1.165, 1.54) is 12.1 Å². The fourth-order valence-corrected chi connectivity index (χ4v) is 2.75. The van der Waals surface area contributed by atoms with Crippen molar-refractivity contribution in [2.24, 2.45) is 5.73 Å². The van der Waals surface area contributed by atoms with Crippen LogP contribution in [0.2, 0.25) is 0 Å². The Morgan fingerprint density at radius 1 is 1.13 bits per heavy atom. The van der Waals surface area contributed by atoms with Gasteiger partial charge in [-0.25, -0.2) is 9.37 Å². The average Bonchev–Trinajstić information content (AvgIpc) is 3.02. The first-order valence-corrected chi connectivity index (χ1v) is 7.74. The van der Waals surface area contributed by atoms with E-state index in [-0.39, 0.29) is 11.9 Å². The van der Waals surface area contributed by atoms with Gasteiger partial charge in [0.1, 0.15) is 5.82 Å². The standard InChI is InChI=1S/C19H20FN3/c1-14(21)17-4-2-3-5-18(17)19-12-22-13-23(19)11-10-15-6-8-16(20)9-7-15/h2-9,12-14H,10-11,21H2,1H3/t14-/m0/s1. The molecule has 4 heteroatoms. The summed E-state index contributed by atoms with van der Waals surface area (Å²) < 4.78 is 15.1. The maximum absolute atomic E-state index is 13.0. The SMILES string of the molecule is C[C@H](N)c1ccccc1-c1cncn1CCc1ccc(F)cc1. The number of rotatable bonds is 5. The zero-order chi connectivity index (χ0) is 16.2. The van der Waals surface area contributed by atoms with Gasteiger partial charge in [0.25, 0.3) is 0 Å². The molecule has 3 nitrogen and oxygen atoms in total. The summed E-state index contributed by atoms with van der Waals surface area (Å²) in [5, 5.41) is 0. The molecule has 0 bridgehead atoms. The van der Waals surface area contributed by atoms with E-state index < -0.39 is 0 Å². The van der Waals surface area contributed by atoms with Crippen molar-refractivity contribution >= 4 is 0 Å². The minimum absolute atomic E-state index is 0.0355. The van der Waals surface area contributed by atoms with Crippen LogP contribution in [0.3, 0.4) is 0 Å². The molecule has 118 valence electrons. The highest BCUT2D eigenvalue weighted by atomic mass is 19.1. The number of nitrogens with zero attached hydrogens (tertiary/aromatic N) is 2. The fraction of sp³-hybridized carbons (Fsp3) is 0.211. The normalized spacial score (nSPS) is 12.3. The number of halogens is 1. The van der Waals surface area contributed by atoms with Crippen molar-refractivity contribution in [3.05, 3.63) is 78.0 Å². The molecule has 0 amide bonds. The van der Waals surface area contributed by atoms with Gasteiger partial charge in [0, 0.05) is 18.2 Å². The number of imidazole rings is 1. The van der Waals surface area contributed by atoms with Crippen LogP contribution in [0.4, 0.5) is 4.39 Å². The molecule has 0 radical (unpaired) electrons. The van der Waals surface area contributed by atoms with E-state index in [1.54, 1.807) is 0 Å². The Balaban J connectivity index is 1.84. The number of aryl methyl sites for hydroxylation is 2. The van der Waals surface area contributed by atoms with Crippen LogP contribution in [0.25, 0.3) is 11.3 Å². The molecule has 0 aliphatic rings. The van der Waals surface area contributed by atoms with Gasteiger partial charge in [0.2, 0.25) is 0 Å². The van der Waals surface area contributed by atoms with Crippen LogP contribution in [0.1, 0.15) is 24.1 Å². The molecule has 1 heterocycles. The maximum Gasteiger partial charge on any atom is 0.123 e. The molecule has 2 N–H and O–H groups in total. The monoisotopic (exact) mass is 309 g/mol.